The van der Waals surface area contributed by atoms with Crippen molar-refractivity contribution in [2.24, 2.45) is 0 Å². The Morgan fingerprint density at radius 3 is 2.79 bits per heavy atom. The van der Waals surface area contributed by atoms with Gasteiger partial charge in [-0.15, -0.1) is 5.10 Å². The SMILES string of the molecule is Cc1cc(C)n2nc(NC(=O)c3ccc4nc(C)[nH]c4c3)cc2n1. The van der Waals surface area contributed by atoms with Gasteiger partial charge in [0.25, 0.3) is 5.91 Å². The van der Waals surface area contributed by atoms with Gasteiger partial charge in [0.2, 0.25) is 0 Å². The van der Waals surface area contributed by atoms with Crippen LogP contribution in [0.25, 0.3) is 16.7 Å². The van der Waals surface area contributed by atoms with Crippen LogP contribution < -0.4 is 5.32 Å². The molecular formula is C17H16N6O. The number of carbonyl (C=O) groups is 1. The van der Waals surface area contributed by atoms with Crippen molar-refractivity contribution in [1.29, 1.82) is 0 Å². The molecule has 0 spiro atoms. The number of nitrogens with one attached hydrogen (secondary N) is 2. The lowest BCUT2D eigenvalue weighted by Crippen LogP contribution is -2.12. The number of hydrogen-bond acceptors (Lipinski definition) is 4. The molecule has 0 fully saturated rings. The molecule has 1 aromatic carbocycles. The van der Waals surface area contributed by atoms with E-state index in [2.05, 4.69) is 25.4 Å². The molecule has 0 saturated carbocycles. The van der Waals surface area contributed by atoms with Gasteiger partial charge in [0.1, 0.15) is 5.82 Å². The van der Waals surface area contributed by atoms with Gasteiger partial charge in [-0.3, -0.25) is 4.79 Å². The van der Waals surface area contributed by atoms with Gasteiger partial charge >= 0.3 is 0 Å². The lowest BCUT2D eigenvalue weighted by molar-refractivity contribution is 0.102. The molecular weight excluding hydrogens is 304 g/mol. The molecule has 0 bridgehead atoms. The minimum absolute atomic E-state index is 0.220. The summed E-state index contributed by atoms with van der Waals surface area (Å²) < 4.78 is 1.71. The summed E-state index contributed by atoms with van der Waals surface area (Å²) in [4.78, 5) is 24.4. The van der Waals surface area contributed by atoms with Crippen molar-refractivity contribution in [2.45, 2.75) is 20.8 Å². The third kappa shape index (κ3) is 2.40. The van der Waals surface area contributed by atoms with Crippen LogP contribution in [0.4, 0.5) is 5.82 Å². The fraction of sp³-hybridized carbons (Fsp3) is 0.176. The Labute approximate surface area is 137 Å². The Balaban J connectivity index is 1.66. The predicted octanol–water partition coefficient (Wildman–Crippen LogP) is 2.78. The lowest BCUT2D eigenvalue weighted by Gasteiger charge is -2.02. The van der Waals surface area contributed by atoms with Crippen LogP contribution in [0.1, 0.15) is 27.6 Å². The second kappa shape index (κ2) is 5.16. The largest absolute Gasteiger partial charge is 0.342 e. The molecule has 4 rings (SSSR count). The Morgan fingerprint density at radius 1 is 1.12 bits per heavy atom. The molecule has 0 aliphatic carbocycles. The number of aryl methyl sites for hydroxylation is 3. The topological polar surface area (TPSA) is 88.0 Å². The van der Waals surface area contributed by atoms with Crippen molar-refractivity contribution in [3.8, 4) is 0 Å². The molecule has 2 N–H and O–H groups in total. The number of fused-ring (bicyclic) bond motifs is 2. The van der Waals surface area contributed by atoms with E-state index in [0.29, 0.717) is 17.0 Å². The number of amides is 1. The number of aromatic nitrogens is 5. The van der Waals surface area contributed by atoms with Crippen LogP contribution in [-0.2, 0) is 0 Å². The number of carbonyl (C=O) groups excluding carboxylic acids is 1. The van der Waals surface area contributed by atoms with Gasteiger partial charge in [-0.1, -0.05) is 0 Å². The van der Waals surface area contributed by atoms with Gasteiger partial charge in [-0.2, -0.15) is 0 Å². The molecule has 4 aromatic rings. The minimum Gasteiger partial charge on any atom is -0.342 e. The molecule has 3 aromatic heterocycles. The van der Waals surface area contributed by atoms with E-state index in [9.17, 15) is 4.79 Å². The van der Waals surface area contributed by atoms with Crippen LogP contribution in [-0.4, -0.2) is 30.5 Å². The van der Waals surface area contributed by atoms with E-state index in [4.69, 9.17) is 0 Å². The third-order valence-electron chi connectivity index (χ3n) is 3.84. The normalized spacial score (nSPS) is 11.3. The van der Waals surface area contributed by atoms with Crippen LogP contribution in [0.3, 0.4) is 0 Å². The molecule has 3 heterocycles. The van der Waals surface area contributed by atoms with Crippen molar-refractivity contribution < 1.29 is 4.79 Å². The number of hydrogen-bond donors (Lipinski definition) is 2. The molecule has 0 radical (unpaired) electrons. The van der Waals surface area contributed by atoms with Gasteiger partial charge in [-0.25, -0.2) is 14.5 Å². The van der Waals surface area contributed by atoms with Crippen LogP contribution in [0.15, 0.2) is 30.3 Å². The predicted molar refractivity (Wildman–Crippen MR) is 91.2 cm³/mol. The zero-order valence-corrected chi connectivity index (χ0v) is 13.6. The quantitative estimate of drug-likeness (QED) is 0.594. The summed E-state index contributed by atoms with van der Waals surface area (Å²) in [6.07, 6.45) is 0. The maximum Gasteiger partial charge on any atom is 0.256 e. The maximum absolute atomic E-state index is 12.5. The highest BCUT2D eigenvalue weighted by Gasteiger charge is 2.12. The van der Waals surface area contributed by atoms with Gasteiger partial charge in [0.05, 0.1) is 11.0 Å². The summed E-state index contributed by atoms with van der Waals surface area (Å²) in [5.74, 6) is 1.07. The highest BCUT2D eigenvalue weighted by Crippen LogP contribution is 2.16. The molecule has 1 amide bonds. The van der Waals surface area contributed by atoms with E-state index >= 15 is 0 Å². The third-order valence-corrected chi connectivity index (χ3v) is 3.84. The minimum atomic E-state index is -0.220. The molecule has 0 saturated heterocycles. The van der Waals surface area contributed by atoms with Crippen molar-refractivity contribution in [2.75, 3.05) is 5.32 Å². The highest BCUT2D eigenvalue weighted by molar-refractivity contribution is 6.05. The zero-order chi connectivity index (χ0) is 16.8. The van der Waals surface area contributed by atoms with E-state index in [1.807, 2.05) is 32.9 Å². The second-order valence-electron chi connectivity index (χ2n) is 5.85. The first-order valence-electron chi connectivity index (χ1n) is 7.61. The van der Waals surface area contributed by atoms with Gasteiger partial charge in [-0.05, 0) is 45.0 Å². The van der Waals surface area contributed by atoms with E-state index in [0.717, 1.165) is 28.2 Å². The summed E-state index contributed by atoms with van der Waals surface area (Å²) >= 11 is 0. The monoisotopic (exact) mass is 320 g/mol. The Hall–Kier alpha value is -3.22. The van der Waals surface area contributed by atoms with Crippen molar-refractivity contribution in [1.82, 2.24) is 24.6 Å². The van der Waals surface area contributed by atoms with Crippen molar-refractivity contribution in [3.63, 3.8) is 0 Å². The molecule has 7 nitrogen and oxygen atoms in total. The van der Waals surface area contributed by atoms with E-state index in [-0.39, 0.29) is 5.91 Å². The summed E-state index contributed by atoms with van der Waals surface area (Å²) in [6.45, 7) is 5.77. The van der Waals surface area contributed by atoms with Crippen LogP contribution >= 0.6 is 0 Å². The maximum atomic E-state index is 12.5. The van der Waals surface area contributed by atoms with E-state index in [1.54, 1.807) is 22.7 Å². The fourth-order valence-electron chi connectivity index (χ4n) is 2.81. The highest BCUT2D eigenvalue weighted by atomic mass is 16.1. The molecule has 7 heteroatoms. The van der Waals surface area contributed by atoms with Crippen LogP contribution in [0.2, 0.25) is 0 Å². The first-order chi connectivity index (χ1) is 11.5. The van der Waals surface area contributed by atoms with E-state index < -0.39 is 0 Å². The average molecular weight is 320 g/mol. The molecule has 0 aliphatic heterocycles. The number of H-pyrrole nitrogens is 1. The first-order valence-corrected chi connectivity index (χ1v) is 7.61. The van der Waals surface area contributed by atoms with Crippen LogP contribution in [0.5, 0.6) is 0 Å². The molecule has 0 aliphatic rings. The Morgan fingerprint density at radius 2 is 1.96 bits per heavy atom. The number of benzene rings is 1. The number of rotatable bonds is 2. The summed E-state index contributed by atoms with van der Waals surface area (Å²) in [7, 11) is 0. The van der Waals surface area contributed by atoms with Crippen molar-refractivity contribution in [3.05, 3.63) is 53.1 Å². The molecule has 0 unspecified atom stereocenters. The number of aromatic amines is 1. The zero-order valence-electron chi connectivity index (χ0n) is 13.6. The molecule has 120 valence electrons. The average Bonchev–Trinajstić information content (AvgIpc) is 3.08. The summed E-state index contributed by atoms with van der Waals surface area (Å²) in [5.41, 5.74) is 4.81. The summed E-state index contributed by atoms with van der Waals surface area (Å²) in [5, 5.41) is 7.21. The summed E-state index contributed by atoms with van der Waals surface area (Å²) in [6, 6.07) is 9.07. The van der Waals surface area contributed by atoms with Gasteiger partial charge in [0, 0.05) is 23.0 Å². The Kier molecular flexibility index (Phi) is 3.09. The molecule has 24 heavy (non-hydrogen) atoms. The van der Waals surface area contributed by atoms with Gasteiger partial charge < -0.3 is 10.3 Å². The van der Waals surface area contributed by atoms with E-state index in [1.165, 1.54) is 0 Å². The second-order valence-corrected chi connectivity index (χ2v) is 5.85. The molecule has 0 atom stereocenters. The Bertz CT molecular complexity index is 1090. The van der Waals surface area contributed by atoms with Crippen molar-refractivity contribution >= 4 is 28.4 Å². The number of anilines is 1. The fourth-order valence-corrected chi connectivity index (χ4v) is 2.81. The standard InChI is InChI=1S/C17H16N6O/c1-9-6-10(2)23-16(18-9)8-15(22-23)21-17(24)12-4-5-13-14(7-12)20-11(3)19-13/h4-8H,1-3H3,(H,19,20)(H,21,22,24). The first kappa shape index (κ1) is 14.4. The number of imidazole rings is 1. The van der Waals surface area contributed by atoms with Crippen LogP contribution in [0, 0.1) is 20.8 Å². The number of nitrogens with zero attached hydrogens (tertiary/aromatic N) is 4. The van der Waals surface area contributed by atoms with Gasteiger partial charge in [0.15, 0.2) is 11.5 Å². The lowest BCUT2D eigenvalue weighted by atomic mass is 10.2. The smallest absolute Gasteiger partial charge is 0.256 e.